The first-order chi connectivity index (χ1) is 18.6. The standard InChI is InChI=1S/C25H18ClN3O10/c1-36-19-8-6-14(26)11-16(19)23(31)39-21-13(4-3-5-18(21)29(34)35)10-17-22(30)28(25(33)27-17)12-15-7-9-20(38-15)24(32)37-2/h3-11H,12H2,1-2H3,(H,27,33)/b17-10-. The molecule has 0 atom stereocenters. The van der Waals surface area contributed by atoms with Gasteiger partial charge in [-0.15, -0.1) is 0 Å². The second-order valence-electron chi connectivity index (χ2n) is 7.82. The third-order valence-electron chi connectivity index (χ3n) is 5.42. The van der Waals surface area contributed by atoms with Gasteiger partial charge in [0.15, 0.2) is 0 Å². The highest BCUT2D eigenvalue weighted by atomic mass is 35.5. The number of halogens is 1. The van der Waals surface area contributed by atoms with E-state index >= 15 is 0 Å². The summed E-state index contributed by atoms with van der Waals surface area (Å²) in [6.45, 7) is -0.315. The van der Waals surface area contributed by atoms with Crippen LogP contribution in [0.4, 0.5) is 10.5 Å². The Morgan fingerprint density at radius 1 is 1.13 bits per heavy atom. The summed E-state index contributed by atoms with van der Waals surface area (Å²) in [5, 5.41) is 14.3. The van der Waals surface area contributed by atoms with Gasteiger partial charge in [0.1, 0.15) is 22.8 Å². The molecule has 3 aromatic rings. The number of nitrogens with zero attached hydrogens (tertiary/aromatic N) is 2. The molecule has 4 rings (SSSR count). The molecule has 39 heavy (non-hydrogen) atoms. The minimum Gasteiger partial charge on any atom is -0.496 e. The van der Waals surface area contributed by atoms with Gasteiger partial charge in [-0.3, -0.25) is 19.8 Å². The van der Waals surface area contributed by atoms with Crippen molar-refractivity contribution >= 4 is 47.2 Å². The lowest BCUT2D eigenvalue weighted by molar-refractivity contribution is -0.385. The van der Waals surface area contributed by atoms with Gasteiger partial charge < -0.3 is 23.9 Å². The maximum Gasteiger partial charge on any atom is 0.373 e. The number of nitro benzene ring substituents is 1. The van der Waals surface area contributed by atoms with Gasteiger partial charge >= 0.3 is 23.7 Å². The number of para-hydroxylation sites is 1. The Balaban J connectivity index is 1.65. The molecule has 0 saturated carbocycles. The van der Waals surface area contributed by atoms with Crippen LogP contribution in [-0.4, -0.2) is 47.9 Å². The first-order valence-electron chi connectivity index (χ1n) is 11.0. The molecule has 2 heterocycles. The van der Waals surface area contributed by atoms with Crippen molar-refractivity contribution < 1.29 is 42.7 Å². The maximum atomic E-state index is 13.0. The van der Waals surface area contributed by atoms with E-state index in [4.69, 9.17) is 25.5 Å². The molecule has 0 spiro atoms. The third-order valence-corrected chi connectivity index (χ3v) is 5.66. The summed E-state index contributed by atoms with van der Waals surface area (Å²) in [5.74, 6) is -2.89. The van der Waals surface area contributed by atoms with Gasteiger partial charge in [-0.25, -0.2) is 14.4 Å². The third kappa shape index (κ3) is 5.57. The largest absolute Gasteiger partial charge is 0.496 e. The van der Waals surface area contributed by atoms with E-state index in [0.29, 0.717) is 0 Å². The van der Waals surface area contributed by atoms with Crippen LogP contribution >= 0.6 is 11.6 Å². The van der Waals surface area contributed by atoms with Crippen molar-refractivity contribution in [2.75, 3.05) is 14.2 Å². The minimum atomic E-state index is -1.01. The number of rotatable bonds is 8. The number of esters is 2. The predicted octanol–water partition coefficient (Wildman–Crippen LogP) is 3.95. The van der Waals surface area contributed by atoms with Crippen molar-refractivity contribution in [3.05, 3.63) is 92.0 Å². The lowest BCUT2D eigenvalue weighted by Crippen LogP contribution is -2.30. The zero-order valence-corrected chi connectivity index (χ0v) is 21.0. The summed E-state index contributed by atoms with van der Waals surface area (Å²) in [6.07, 6.45) is 1.13. The van der Waals surface area contributed by atoms with Gasteiger partial charge in [-0.05, 0) is 36.4 Å². The number of ether oxygens (including phenoxy) is 3. The highest BCUT2D eigenvalue weighted by Gasteiger charge is 2.35. The summed E-state index contributed by atoms with van der Waals surface area (Å²) >= 11 is 5.98. The van der Waals surface area contributed by atoms with Crippen molar-refractivity contribution in [2.24, 2.45) is 0 Å². The van der Waals surface area contributed by atoms with E-state index in [1.54, 1.807) is 0 Å². The van der Waals surface area contributed by atoms with Gasteiger partial charge in [-0.2, -0.15) is 0 Å². The Hall–Kier alpha value is -5.17. The molecule has 1 fully saturated rings. The molecule has 0 radical (unpaired) electrons. The zero-order chi connectivity index (χ0) is 28.3. The smallest absolute Gasteiger partial charge is 0.373 e. The number of furan rings is 1. The Labute approximate surface area is 224 Å². The number of benzene rings is 2. The van der Waals surface area contributed by atoms with E-state index in [1.165, 1.54) is 56.7 Å². The number of carbonyl (C=O) groups is 4. The number of nitro groups is 1. The summed E-state index contributed by atoms with van der Waals surface area (Å²) in [4.78, 5) is 61.8. The van der Waals surface area contributed by atoms with Gasteiger partial charge in [0.25, 0.3) is 5.91 Å². The number of amides is 3. The Morgan fingerprint density at radius 2 is 1.90 bits per heavy atom. The molecule has 0 aliphatic carbocycles. The summed E-state index contributed by atoms with van der Waals surface area (Å²) in [6, 6.07) is 9.88. The van der Waals surface area contributed by atoms with Crippen LogP contribution in [0.2, 0.25) is 5.02 Å². The lowest BCUT2D eigenvalue weighted by Gasteiger charge is -2.11. The first-order valence-corrected chi connectivity index (χ1v) is 11.4. The number of urea groups is 1. The highest BCUT2D eigenvalue weighted by molar-refractivity contribution is 6.31. The van der Waals surface area contributed by atoms with Crippen LogP contribution in [-0.2, 0) is 16.1 Å². The molecule has 1 N–H and O–H groups in total. The predicted molar refractivity (Wildman–Crippen MR) is 133 cm³/mol. The minimum absolute atomic E-state index is 0.0463. The number of imide groups is 1. The van der Waals surface area contributed by atoms with Crippen molar-refractivity contribution in [1.29, 1.82) is 0 Å². The lowest BCUT2D eigenvalue weighted by atomic mass is 10.1. The van der Waals surface area contributed by atoms with Crippen molar-refractivity contribution in [2.45, 2.75) is 6.54 Å². The first kappa shape index (κ1) is 26.9. The number of hydrogen-bond acceptors (Lipinski definition) is 10. The van der Waals surface area contributed by atoms with Crippen LogP contribution in [0, 0.1) is 10.1 Å². The molecule has 1 aliphatic heterocycles. The normalized spacial score (nSPS) is 13.8. The number of methoxy groups -OCH3 is 2. The van der Waals surface area contributed by atoms with Crippen molar-refractivity contribution in [1.82, 2.24) is 10.2 Å². The van der Waals surface area contributed by atoms with Crippen LogP contribution < -0.4 is 14.8 Å². The quantitative estimate of drug-likeness (QED) is 0.107. The van der Waals surface area contributed by atoms with E-state index in [9.17, 15) is 29.3 Å². The Bertz CT molecular complexity index is 1540. The topological polar surface area (TPSA) is 168 Å². The summed E-state index contributed by atoms with van der Waals surface area (Å²) in [7, 11) is 2.49. The number of carbonyl (C=O) groups excluding carboxylic acids is 4. The van der Waals surface area contributed by atoms with Gasteiger partial charge in [0.2, 0.25) is 11.5 Å². The molecule has 0 unspecified atom stereocenters. The summed E-state index contributed by atoms with van der Waals surface area (Å²) in [5.41, 5.74) is -0.964. The van der Waals surface area contributed by atoms with Crippen molar-refractivity contribution in [3.63, 3.8) is 0 Å². The van der Waals surface area contributed by atoms with Crippen LogP contribution in [0.25, 0.3) is 6.08 Å². The molecule has 0 bridgehead atoms. The monoisotopic (exact) mass is 555 g/mol. The van der Waals surface area contributed by atoms with Gasteiger partial charge in [-0.1, -0.05) is 23.7 Å². The molecule has 14 heteroatoms. The molecule has 1 saturated heterocycles. The number of hydrogen-bond donors (Lipinski definition) is 1. The van der Waals surface area contributed by atoms with Crippen molar-refractivity contribution in [3.8, 4) is 11.5 Å². The molecule has 13 nitrogen and oxygen atoms in total. The fourth-order valence-corrected chi connectivity index (χ4v) is 3.77. The van der Waals surface area contributed by atoms with E-state index in [-0.39, 0.29) is 45.7 Å². The molecule has 3 amide bonds. The second kappa shape index (κ2) is 11.1. The maximum absolute atomic E-state index is 13.0. The zero-order valence-electron chi connectivity index (χ0n) is 20.3. The van der Waals surface area contributed by atoms with E-state index in [2.05, 4.69) is 10.1 Å². The van der Waals surface area contributed by atoms with Gasteiger partial charge in [0.05, 0.1) is 25.7 Å². The molecule has 1 aromatic heterocycles. The average Bonchev–Trinajstić information content (AvgIpc) is 3.49. The van der Waals surface area contributed by atoms with Crippen LogP contribution in [0.15, 0.2) is 58.6 Å². The Kier molecular flexibility index (Phi) is 7.63. The molecular weight excluding hydrogens is 538 g/mol. The van der Waals surface area contributed by atoms with Gasteiger partial charge in [0, 0.05) is 16.7 Å². The van der Waals surface area contributed by atoms with E-state index in [0.717, 1.165) is 17.0 Å². The Morgan fingerprint density at radius 3 is 2.59 bits per heavy atom. The van der Waals surface area contributed by atoms with Crippen LogP contribution in [0.3, 0.4) is 0 Å². The molecule has 1 aliphatic rings. The SMILES string of the molecule is COC(=O)c1ccc(CN2C(=O)N/C(=C\c3cccc([N+](=O)[O-])c3OC(=O)c3cc(Cl)ccc3OC)C2=O)o1. The fourth-order valence-electron chi connectivity index (χ4n) is 3.60. The molecule has 2 aromatic carbocycles. The van der Waals surface area contributed by atoms with E-state index < -0.39 is 40.2 Å². The fraction of sp³-hybridized carbons (Fsp3) is 0.120. The van der Waals surface area contributed by atoms with E-state index in [1.807, 2.05) is 0 Å². The van der Waals surface area contributed by atoms with Crippen LogP contribution in [0.5, 0.6) is 11.5 Å². The second-order valence-corrected chi connectivity index (χ2v) is 8.26. The number of nitrogens with one attached hydrogen (secondary N) is 1. The molecular formula is C25H18ClN3O10. The average molecular weight is 556 g/mol. The highest BCUT2D eigenvalue weighted by Crippen LogP contribution is 2.35. The van der Waals surface area contributed by atoms with Crippen LogP contribution in [0.1, 0.15) is 32.2 Å². The molecule has 200 valence electrons. The summed E-state index contributed by atoms with van der Waals surface area (Å²) < 4.78 is 20.4.